The summed E-state index contributed by atoms with van der Waals surface area (Å²) >= 11 is 5.89. The van der Waals surface area contributed by atoms with E-state index in [0.29, 0.717) is 43.4 Å². The molecule has 0 aliphatic carbocycles. The Morgan fingerprint density at radius 1 is 1.26 bits per heavy atom. The van der Waals surface area contributed by atoms with Gasteiger partial charge in [-0.2, -0.15) is 4.80 Å². The highest BCUT2D eigenvalue weighted by molar-refractivity contribution is 6.30. The number of carbonyl (C=O) groups excluding carboxylic acids is 2. The monoisotopic (exact) mass is 391 g/mol. The molecule has 3 rings (SSSR count). The van der Waals surface area contributed by atoms with Crippen molar-refractivity contribution in [2.24, 2.45) is 5.92 Å². The van der Waals surface area contributed by atoms with Crippen LogP contribution in [0.5, 0.6) is 0 Å². The molecule has 2 aromatic rings. The lowest BCUT2D eigenvalue weighted by molar-refractivity contribution is -0.151. The summed E-state index contributed by atoms with van der Waals surface area (Å²) in [4.78, 5) is 27.6. The molecular formula is C18H22ClN5O3. The Hall–Kier alpha value is -2.48. The fraction of sp³-hybridized carbons (Fsp3) is 0.500. The minimum Gasteiger partial charge on any atom is -0.466 e. The fourth-order valence-corrected chi connectivity index (χ4v) is 3.19. The molecule has 1 amide bonds. The second-order valence-corrected chi connectivity index (χ2v) is 6.90. The van der Waals surface area contributed by atoms with Crippen LogP contribution in [0.1, 0.15) is 32.7 Å². The molecule has 1 aliphatic rings. The van der Waals surface area contributed by atoms with Gasteiger partial charge in [-0.3, -0.25) is 9.59 Å². The van der Waals surface area contributed by atoms with Crippen LogP contribution < -0.4 is 0 Å². The molecule has 1 aromatic carbocycles. The van der Waals surface area contributed by atoms with E-state index in [4.69, 9.17) is 16.3 Å². The Bertz CT molecular complexity index is 800. The van der Waals surface area contributed by atoms with E-state index in [9.17, 15) is 9.59 Å². The van der Waals surface area contributed by atoms with Gasteiger partial charge in [-0.05, 0) is 56.2 Å². The first-order valence-electron chi connectivity index (χ1n) is 9.00. The molecule has 0 unspecified atom stereocenters. The summed E-state index contributed by atoms with van der Waals surface area (Å²) in [6, 6.07) is 6.53. The van der Waals surface area contributed by atoms with Crippen LogP contribution in [0.2, 0.25) is 5.02 Å². The molecule has 1 aromatic heterocycles. The van der Waals surface area contributed by atoms with Gasteiger partial charge >= 0.3 is 5.97 Å². The van der Waals surface area contributed by atoms with E-state index in [2.05, 4.69) is 15.4 Å². The molecule has 0 spiro atoms. The van der Waals surface area contributed by atoms with Gasteiger partial charge in [0, 0.05) is 23.7 Å². The third-order valence-electron chi connectivity index (χ3n) is 4.66. The Morgan fingerprint density at radius 3 is 2.56 bits per heavy atom. The van der Waals surface area contributed by atoms with E-state index in [0.717, 1.165) is 5.56 Å². The summed E-state index contributed by atoms with van der Waals surface area (Å²) in [5.41, 5.74) is 0.778. The molecule has 1 fully saturated rings. The zero-order chi connectivity index (χ0) is 19.4. The van der Waals surface area contributed by atoms with Gasteiger partial charge in [0.15, 0.2) is 0 Å². The number of hydrogen-bond acceptors (Lipinski definition) is 6. The van der Waals surface area contributed by atoms with Crippen LogP contribution in [0.15, 0.2) is 24.3 Å². The molecule has 1 aliphatic heterocycles. The highest BCUT2D eigenvalue weighted by Crippen LogP contribution is 2.22. The summed E-state index contributed by atoms with van der Waals surface area (Å²) < 4.78 is 5.06. The summed E-state index contributed by atoms with van der Waals surface area (Å²) in [7, 11) is 0. The Balaban J connectivity index is 1.61. The van der Waals surface area contributed by atoms with Crippen molar-refractivity contribution in [3.8, 4) is 11.4 Å². The van der Waals surface area contributed by atoms with Gasteiger partial charge in [0.05, 0.1) is 12.5 Å². The first kappa shape index (κ1) is 19.3. The maximum atomic E-state index is 12.8. The first-order valence-corrected chi connectivity index (χ1v) is 9.38. The van der Waals surface area contributed by atoms with Crippen LogP contribution in [-0.4, -0.2) is 56.7 Å². The maximum absolute atomic E-state index is 12.8. The van der Waals surface area contributed by atoms with Crippen LogP contribution in [0, 0.1) is 5.92 Å². The van der Waals surface area contributed by atoms with Crippen molar-refractivity contribution in [1.29, 1.82) is 0 Å². The van der Waals surface area contributed by atoms with Gasteiger partial charge in [-0.15, -0.1) is 10.2 Å². The van der Waals surface area contributed by atoms with Crippen molar-refractivity contribution < 1.29 is 14.3 Å². The van der Waals surface area contributed by atoms with Crippen molar-refractivity contribution in [2.45, 2.75) is 32.7 Å². The van der Waals surface area contributed by atoms with Gasteiger partial charge in [0.1, 0.15) is 6.04 Å². The number of tetrazole rings is 1. The lowest BCUT2D eigenvalue weighted by atomic mass is 9.96. The van der Waals surface area contributed by atoms with E-state index in [1.807, 2.05) is 0 Å². The minimum absolute atomic E-state index is 0.0858. The van der Waals surface area contributed by atoms with Gasteiger partial charge in [-0.1, -0.05) is 11.6 Å². The average Bonchev–Trinajstić information content (AvgIpc) is 3.18. The average molecular weight is 392 g/mol. The number of carbonyl (C=O) groups is 2. The standard InChI is InChI=1S/C18H22ClN5O3/c1-3-27-18(26)14-8-10-23(11-9-14)17(25)12(2)24-21-16(20-22-24)13-4-6-15(19)7-5-13/h4-7,12,14H,3,8-11H2,1-2H3/t12-/m0/s1. The third kappa shape index (κ3) is 4.44. The zero-order valence-corrected chi connectivity index (χ0v) is 16.1. The van der Waals surface area contributed by atoms with Crippen molar-refractivity contribution in [2.75, 3.05) is 19.7 Å². The molecule has 8 nitrogen and oxygen atoms in total. The summed E-state index contributed by atoms with van der Waals surface area (Å²) in [6.45, 7) is 4.95. The van der Waals surface area contributed by atoms with E-state index < -0.39 is 6.04 Å². The lowest BCUT2D eigenvalue weighted by Crippen LogP contribution is -2.43. The molecule has 1 saturated heterocycles. The molecule has 1 atom stereocenters. The van der Waals surface area contributed by atoms with Crippen molar-refractivity contribution in [1.82, 2.24) is 25.1 Å². The SMILES string of the molecule is CCOC(=O)C1CCN(C(=O)[C@H](C)n2nnc(-c3ccc(Cl)cc3)n2)CC1. The normalized spacial score (nSPS) is 16.2. The minimum atomic E-state index is -0.572. The molecule has 0 bridgehead atoms. The predicted octanol–water partition coefficient (Wildman–Crippen LogP) is 2.36. The number of rotatable bonds is 5. The Morgan fingerprint density at radius 2 is 1.93 bits per heavy atom. The number of likely N-dealkylation sites (tertiary alicyclic amines) is 1. The number of halogens is 1. The number of ether oxygens (including phenoxy) is 1. The smallest absolute Gasteiger partial charge is 0.309 e. The van der Waals surface area contributed by atoms with Crippen molar-refractivity contribution in [3.05, 3.63) is 29.3 Å². The van der Waals surface area contributed by atoms with E-state index >= 15 is 0 Å². The van der Waals surface area contributed by atoms with Gasteiger partial charge in [-0.25, -0.2) is 0 Å². The predicted molar refractivity (Wildman–Crippen MR) is 98.9 cm³/mol. The summed E-state index contributed by atoms with van der Waals surface area (Å²) in [6.07, 6.45) is 1.22. The molecule has 27 heavy (non-hydrogen) atoms. The number of esters is 1. The number of nitrogens with zero attached hydrogens (tertiary/aromatic N) is 5. The fourth-order valence-electron chi connectivity index (χ4n) is 3.06. The lowest BCUT2D eigenvalue weighted by Gasteiger charge is -2.32. The van der Waals surface area contributed by atoms with Crippen LogP contribution in [0.4, 0.5) is 0 Å². The molecule has 2 heterocycles. The number of amides is 1. The van der Waals surface area contributed by atoms with Crippen molar-refractivity contribution >= 4 is 23.5 Å². The quantitative estimate of drug-likeness (QED) is 0.727. The van der Waals surface area contributed by atoms with E-state index in [1.54, 1.807) is 43.0 Å². The highest BCUT2D eigenvalue weighted by atomic mass is 35.5. The first-order chi connectivity index (χ1) is 13.0. The molecule has 144 valence electrons. The number of benzene rings is 1. The summed E-state index contributed by atoms with van der Waals surface area (Å²) in [5.74, 6) is 0.0400. The molecule has 0 N–H and O–H groups in total. The number of piperidine rings is 1. The van der Waals surface area contributed by atoms with E-state index in [1.165, 1.54) is 4.80 Å². The second-order valence-electron chi connectivity index (χ2n) is 6.47. The molecular weight excluding hydrogens is 370 g/mol. The van der Waals surface area contributed by atoms with Crippen LogP contribution in [0.3, 0.4) is 0 Å². The van der Waals surface area contributed by atoms with Crippen LogP contribution in [-0.2, 0) is 14.3 Å². The molecule has 9 heteroatoms. The summed E-state index contributed by atoms with van der Waals surface area (Å²) in [5, 5.41) is 13.0. The van der Waals surface area contributed by atoms with Gasteiger partial charge in [0.25, 0.3) is 0 Å². The molecule has 0 saturated carbocycles. The highest BCUT2D eigenvalue weighted by Gasteiger charge is 2.31. The third-order valence-corrected chi connectivity index (χ3v) is 4.91. The topological polar surface area (TPSA) is 90.2 Å². The number of aromatic nitrogens is 4. The number of hydrogen-bond donors (Lipinski definition) is 0. The largest absolute Gasteiger partial charge is 0.466 e. The van der Waals surface area contributed by atoms with Crippen LogP contribution in [0.25, 0.3) is 11.4 Å². The zero-order valence-electron chi connectivity index (χ0n) is 15.3. The van der Waals surface area contributed by atoms with Gasteiger partial charge < -0.3 is 9.64 Å². The van der Waals surface area contributed by atoms with Crippen molar-refractivity contribution in [3.63, 3.8) is 0 Å². The van der Waals surface area contributed by atoms with E-state index in [-0.39, 0.29) is 17.8 Å². The van der Waals surface area contributed by atoms with Gasteiger partial charge in [0.2, 0.25) is 11.7 Å². The van der Waals surface area contributed by atoms with Crippen LogP contribution >= 0.6 is 11.6 Å². The Kier molecular flexibility index (Phi) is 6.05. The Labute approximate surface area is 162 Å². The molecule has 0 radical (unpaired) electrons. The second kappa shape index (κ2) is 8.47. The maximum Gasteiger partial charge on any atom is 0.309 e.